The second kappa shape index (κ2) is 4.84. The van der Waals surface area contributed by atoms with Crippen molar-refractivity contribution in [1.82, 2.24) is 0 Å². The van der Waals surface area contributed by atoms with Gasteiger partial charge in [-0.25, -0.2) is 8.42 Å². The molecule has 100 valence electrons. The van der Waals surface area contributed by atoms with Crippen LogP contribution in [0.2, 0.25) is 0 Å². The maximum atomic E-state index is 11.9. The fourth-order valence-electron chi connectivity index (χ4n) is 2.55. The first-order valence-corrected chi connectivity index (χ1v) is 7.81. The molecule has 2 heterocycles. The van der Waals surface area contributed by atoms with E-state index in [2.05, 4.69) is 0 Å². The Morgan fingerprint density at radius 1 is 1.41 bits per heavy atom. The molecule has 0 aromatic rings. The number of hydrogen-bond donors (Lipinski definition) is 1. The third-order valence-electron chi connectivity index (χ3n) is 3.51. The highest BCUT2D eigenvalue weighted by molar-refractivity contribution is 7.92. The van der Waals surface area contributed by atoms with Gasteiger partial charge in [-0.05, 0) is 19.8 Å². The Hall–Kier alpha value is -0.170. The minimum Gasteiger partial charge on any atom is -0.394 e. The molecule has 2 aliphatic rings. The van der Waals surface area contributed by atoms with Gasteiger partial charge in [0.1, 0.15) is 6.10 Å². The predicted octanol–water partition coefficient (Wildman–Crippen LogP) is 0.468. The minimum atomic E-state index is -3.00. The Morgan fingerprint density at radius 3 is 2.76 bits per heavy atom. The molecule has 0 aromatic carbocycles. The van der Waals surface area contributed by atoms with Crippen LogP contribution in [0.15, 0.2) is 0 Å². The molecule has 0 spiro atoms. The largest absolute Gasteiger partial charge is 0.394 e. The van der Waals surface area contributed by atoms with E-state index < -0.39 is 15.6 Å². The van der Waals surface area contributed by atoms with Gasteiger partial charge in [-0.2, -0.15) is 0 Å². The molecular formula is C11H20O5S. The molecule has 1 N–H and O–H groups in total. The lowest BCUT2D eigenvalue weighted by Gasteiger charge is -2.30. The summed E-state index contributed by atoms with van der Waals surface area (Å²) in [5.41, 5.74) is 0. The first kappa shape index (κ1) is 13.3. The molecule has 2 rings (SSSR count). The third kappa shape index (κ3) is 2.99. The zero-order valence-electron chi connectivity index (χ0n) is 10.1. The summed E-state index contributed by atoms with van der Waals surface area (Å²) in [6.07, 6.45) is 2.44. The Balaban J connectivity index is 2.00. The second-order valence-corrected chi connectivity index (χ2v) is 7.46. The summed E-state index contributed by atoms with van der Waals surface area (Å²) >= 11 is 0. The molecule has 3 atom stereocenters. The summed E-state index contributed by atoms with van der Waals surface area (Å²) < 4.78 is 34.9. The molecule has 17 heavy (non-hydrogen) atoms. The SMILES string of the molecule is CC1(CC2CCCCS2(=O)=O)OCC(CO)O1. The van der Waals surface area contributed by atoms with E-state index in [-0.39, 0.29) is 23.7 Å². The van der Waals surface area contributed by atoms with Gasteiger partial charge in [0.25, 0.3) is 0 Å². The average Bonchev–Trinajstić information content (AvgIpc) is 2.64. The summed E-state index contributed by atoms with van der Waals surface area (Å²) in [5, 5.41) is 8.62. The van der Waals surface area contributed by atoms with Crippen molar-refractivity contribution in [3.63, 3.8) is 0 Å². The standard InChI is InChI=1S/C11H20O5S/c1-11(15-8-9(7-12)16-11)6-10-4-2-3-5-17(10,13)14/h9-10,12H,2-8H2,1H3. The van der Waals surface area contributed by atoms with Crippen LogP contribution in [0, 0.1) is 0 Å². The number of rotatable bonds is 3. The molecule has 0 aromatic heterocycles. The number of aliphatic hydroxyl groups is 1. The van der Waals surface area contributed by atoms with Crippen LogP contribution >= 0.6 is 0 Å². The van der Waals surface area contributed by atoms with Crippen molar-refractivity contribution in [1.29, 1.82) is 0 Å². The lowest BCUT2D eigenvalue weighted by molar-refractivity contribution is -0.162. The summed E-state index contributed by atoms with van der Waals surface area (Å²) in [4.78, 5) is 0. The topological polar surface area (TPSA) is 72.8 Å². The number of aliphatic hydroxyl groups excluding tert-OH is 1. The zero-order chi connectivity index (χ0) is 12.5. The summed E-state index contributed by atoms with van der Waals surface area (Å²) in [6, 6.07) is 0. The maximum Gasteiger partial charge on any atom is 0.167 e. The van der Waals surface area contributed by atoms with Crippen molar-refractivity contribution in [3.05, 3.63) is 0 Å². The van der Waals surface area contributed by atoms with Crippen LogP contribution in [0.4, 0.5) is 0 Å². The van der Waals surface area contributed by atoms with E-state index in [1.807, 2.05) is 0 Å². The van der Waals surface area contributed by atoms with Crippen molar-refractivity contribution in [2.24, 2.45) is 0 Å². The van der Waals surface area contributed by atoms with E-state index in [0.717, 1.165) is 12.8 Å². The van der Waals surface area contributed by atoms with Gasteiger partial charge in [-0.15, -0.1) is 0 Å². The van der Waals surface area contributed by atoms with Crippen LogP contribution in [-0.2, 0) is 19.3 Å². The lowest BCUT2D eigenvalue weighted by atomic mass is 10.1. The molecule has 3 unspecified atom stereocenters. The monoisotopic (exact) mass is 264 g/mol. The Kier molecular flexibility index (Phi) is 3.77. The molecule has 0 aliphatic carbocycles. The molecule has 2 saturated heterocycles. The number of hydrogen-bond acceptors (Lipinski definition) is 5. The fraction of sp³-hybridized carbons (Fsp3) is 1.00. The van der Waals surface area contributed by atoms with Gasteiger partial charge in [0.05, 0.1) is 24.2 Å². The molecule has 2 aliphatic heterocycles. The van der Waals surface area contributed by atoms with Gasteiger partial charge in [0.2, 0.25) is 0 Å². The van der Waals surface area contributed by atoms with Gasteiger partial charge in [-0.3, -0.25) is 0 Å². The highest BCUT2D eigenvalue weighted by Crippen LogP contribution is 2.33. The summed E-state index contributed by atoms with van der Waals surface area (Å²) in [7, 11) is -3.00. The normalized spacial score (nSPS) is 41.5. The predicted molar refractivity (Wildman–Crippen MR) is 62.4 cm³/mol. The molecule has 0 saturated carbocycles. The second-order valence-electron chi connectivity index (χ2n) is 5.06. The van der Waals surface area contributed by atoms with Crippen molar-refractivity contribution in [2.75, 3.05) is 19.0 Å². The van der Waals surface area contributed by atoms with E-state index >= 15 is 0 Å². The number of sulfone groups is 1. The molecule has 5 nitrogen and oxygen atoms in total. The first-order chi connectivity index (χ1) is 7.95. The van der Waals surface area contributed by atoms with Crippen LogP contribution in [-0.4, -0.2) is 49.6 Å². The van der Waals surface area contributed by atoms with E-state index in [1.54, 1.807) is 6.92 Å². The van der Waals surface area contributed by atoms with Gasteiger partial charge in [0.15, 0.2) is 15.6 Å². The maximum absolute atomic E-state index is 11.9. The van der Waals surface area contributed by atoms with E-state index in [4.69, 9.17) is 14.6 Å². The smallest absolute Gasteiger partial charge is 0.167 e. The highest BCUT2D eigenvalue weighted by atomic mass is 32.2. The van der Waals surface area contributed by atoms with Crippen molar-refractivity contribution >= 4 is 9.84 Å². The highest BCUT2D eigenvalue weighted by Gasteiger charge is 2.42. The zero-order valence-corrected chi connectivity index (χ0v) is 10.9. The quantitative estimate of drug-likeness (QED) is 0.802. The van der Waals surface area contributed by atoms with Gasteiger partial charge >= 0.3 is 0 Å². The summed E-state index contributed by atoms with van der Waals surface area (Å²) in [5.74, 6) is -0.584. The fourth-order valence-corrected chi connectivity index (χ4v) is 4.57. The molecule has 0 amide bonds. The molecule has 2 fully saturated rings. The van der Waals surface area contributed by atoms with Crippen molar-refractivity contribution < 1.29 is 23.0 Å². The van der Waals surface area contributed by atoms with Crippen molar-refractivity contribution in [3.8, 4) is 0 Å². The molecular weight excluding hydrogens is 244 g/mol. The van der Waals surface area contributed by atoms with E-state index in [0.29, 0.717) is 19.4 Å². The molecule has 0 radical (unpaired) electrons. The third-order valence-corrected chi connectivity index (χ3v) is 5.78. The Bertz CT molecular complexity index is 366. The van der Waals surface area contributed by atoms with Crippen LogP contribution in [0.3, 0.4) is 0 Å². The van der Waals surface area contributed by atoms with Gasteiger partial charge in [0, 0.05) is 6.42 Å². The van der Waals surface area contributed by atoms with E-state index in [1.165, 1.54) is 0 Å². The Labute approximate surface area is 102 Å². The van der Waals surface area contributed by atoms with Crippen LogP contribution < -0.4 is 0 Å². The van der Waals surface area contributed by atoms with Crippen LogP contribution in [0.25, 0.3) is 0 Å². The van der Waals surface area contributed by atoms with Crippen LogP contribution in [0.1, 0.15) is 32.6 Å². The van der Waals surface area contributed by atoms with E-state index in [9.17, 15) is 8.42 Å². The minimum absolute atomic E-state index is 0.0903. The number of ether oxygens (including phenoxy) is 2. The molecule has 0 bridgehead atoms. The summed E-state index contributed by atoms with van der Waals surface area (Å²) in [6.45, 7) is 2.00. The van der Waals surface area contributed by atoms with Crippen LogP contribution in [0.5, 0.6) is 0 Å². The van der Waals surface area contributed by atoms with Crippen molar-refractivity contribution in [2.45, 2.75) is 49.7 Å². The molecule has 6 heteroatoms. The average molecular weight is 264 g/mol. The first-order valence-electron chi connectivity index (χ1n) is 6.09. The van der Waals surface area contributed by atoms with Gasteiger partial charge < -0.3 is 14.6 Å². The Morgan fingerprint density at radius 2 is 2.18 bits per heavy atom. The lowest BCUT2D eigenvalue weighted by Crippen LogP contribution is -2.38. The van der Waals surface area contributed by atoms with Gasteiger partial charge in [-0.1, -0.05) is 6.42 Å².